The first-order valence-corrected chi connectivity index (χ1v) is 42.1. The number of benzene rings is 3. The van der Waals surface area contributed by atoms with Gasteiger partial charge in [0, 0.05) is 106 Å². The van der Waals surface area contributed by atoms with Crippen LogP contribution in [0.25, 0.3) is 21.8 Å². The summed E-state index contributed by atoms with van der Waals surface area (Å²) in [5.74, 6) is -20.0. The van der Waals surface area contributed by atoms with E-state index in [1.54, 1.807) is 67.8 Å². The van der Waals surface area contributed by atoms with Gasteiger partial charge in [-0.05, 0) is 99.7 Å². The van der Waals surface area contributed by atoms with Gasteiger partial charge < -0.3 is 125 Å². The van der Waals surface area contributed by atoms with Gasteiger partial charge in [0.1, 0.15) is 90.3 Å². The van der Waals surface area contributed by atoms with Gasteiger partial charge >= 0.3 is 5.97 Å². The summed E-state index contributed by atoms with van der Waals surface area (Å²) in [4.78, 5) is 267. The van der Waals surface area contributed by atoms with E-state index in [1.807, 2.05) is 0 Å². The number of hydrogen-bond acceptors (Lipinski definition) is 23. The Morgan fingerprint density at radius 2 is 0.976 bits per heavy atom. The molecule has 125 heavy (non-hydrogen) atoms. The second-order valence-corrected chi connectivity index (χ2v) is 32.1. The number of phenolic OH excluding ortho intramolecular Hbond substituents is 1. The fourth-order valence-electron chi connectivity index (χ4n) is 15.0. The van der Waals surface area contributed by atoms with Crippen molar-refractivity contribution >= 4 is 140 Å². The topological polar surface area (TPSA) is 629 Å². The molecule has 0 saturated carbocycles. The summed E-state index contributed by atoms with van der Waals surface area (Å²) in [6.45, 7) is 0.303. The number of primary amides is 2. The van der Waals surface area contributed by atoms with E-state index in [9.17, 15) is 102 Å². The number of amides is 17. The number of nitrogens with zero attached hydrogens (tertiary/aromatic N) is 5. The molecule has 8 rings (SSSR count). The molecule has 14 atom stereocenters. The van der Waals surface area contributed by atoms with Crippen molar-refractivity contribution in [2.45, 2.75) is 195 Å². The van der Waals surface area contributed by atoms with Crippen LogP contribution >= 0.6 is 11.8 Å². The van der Waals surface area contributed by atoms with E-state index in [0.717, 1.165) is 24.5 Å². The number of fused-ring (bicyclic) bond motifs is 4. The van der Waals surface area contributed by atoms with Crippen molar-refractivity contribution in [3.63, 3.8) is 0 Å². The Kier molecular flexibility index (Phi) is 36.0. The Labute approximate surface area is 722 Å². The van der Waals surface area contributed by atoms with E-state index in [0.29, 0.717) is 56.7 Å². The maximum Gasteiger partial charge on any atom is 0.303 e. The highest BCUT2D eigenvalue weighted by Gasteiger charge is 2.45. The number of aliphatic carboxylic acids is 1. The Balaban J connectivity index is 1.14. The number of carbonyl (C=O) groups is 18. The molecule has 3 fully saturated rings. The van der Waals surface area contributed by atoms with Gasteiger partial charge in [-0.25, -0.2) is 0 Å². The average molecular weight is 1760 g/mol. The van der Waals surface area contributed by atoms with Gasteiger partial charge in [-0.3, -0.25) is 86.3 Å². The van der Waals surface area contributed by atoms with Gasteiger partial charge in [-0.15, -0.1) is 11.8 Å². The fraction of sp³-hybridized carbons (Fsp3) is 0.512. The average Bonchev–Trinajstić information content (AvgIpc) is 1.73. The van der Waals surface area contributed by atoms with Crippen LogP contribution in [0, 0.1) is 0 Å². The molecular weight excluding hydrogens is 1650 g/mol. The predicted molar refractivity (Wildman–Crippen MR) is 449 cm³/mol. The molecule has 5 aromatic rings. The Hall–Kier alpha value is -12.8. The number of likely N-dealkylation sites (N-methyl/N-ethyl adjacent to an activating group) is 3. The van der Waals surface area contributed by atoms with Crippen molar-refractivity contribution in [1.82, 2.24) is 87.6 Å². The van der Waals surface area contributed by atoms with E-state index in [4.69, 9.17) is 11.5 Å². The zero-order valence-electron chi connectivity index (χ0n) is 70.1. The number of carboxylic acid groups (broad SMARTS) is 1. The minimum absolute atomic E-state index is 0.0187. The first-order chi connectivity index (χ1) is 59.5. The van der Waals surface area contributed by atoms with Crippen molar-refractivity contribution in [2.24, 2.45) is 11.5 Å². The molecule has 42 nitrogen and oxygen atoms in total. The molecule has 3 saturated heterocycles. The number of unbranched alkanes of at least 4 members (excludes halogenated alkanes) is 1. The zero-order chi connectivity index (χ0) is 91.6. The van der Waals surface area contributed by atoms with Crippen LogP contribution in [0.4, 0.5) is 0 Å². The number of aromatic nitrogens is 2. The highest BCUT2D eigenvalue weighted by Crippen LogP contribution is 2.27. The third kappa shape index (κ3) is 26.4. The monoisotopic (exact) mass is 1760 g/mol. The van der Waals surface area contributed by atoms with Crippen LogP contribution in [0.15, 0.2) is 85.2 Å². The van der Waals surface area contributed by atoms with Crippen molar-refractivity contribution in [2.75, 3.05) is 72.1 Å². The van der Waals surface area contributed by atoms with Crippen LogP contribution in [0.5, 0.6) is 5.75 Å². The summed E-state index contributed by atoms with van der Waals surface area (Å²) in [5.41, 5.74) is 13.6. The number of phenols is 1. The zero-order valence-corrected chi connectivity index (χ0v) is 70.9. The molecule has 43 heteroatoms. The number of para-hydroxylation sites is 2. The molecule has 5 heterocycles. The van der Waals surface area contributed by atoms with Crippen LogP contribution < -0.4 is 64.6 Å². The van der Waals surface area contributed by atoms with Gasteiger partial charge in [-0.1, -0.05) is 68.3 Å². The molecule has 17 amide bonds. The van der Waals surface area contributed by atoms with Crippen LogP contribution in [0.3, 0.4) is 0 Å². The molecule has 21 N–H and O–H groups in total. The second-order valence-electron chi connectivity index (χ2n) is 31.0. The number of thioether (sulfide) groups is 1. The first kappa shape index (κ1) is 97.7. The lowest BCUT2D eigenvalue weighted by molar-refractivity contribution is -0.148. The van der Waals surface area contributed by atoms with Crippen molar-refractivity contribution < 1.29 is 112 Å². The van der Waals surface area contributed by atoms with Gasteiger partial charge in [0.05, 0.1) is 31.9 Å². The summed E-state index contributed by atoms with van der Waals surface area (Å²) in [5, 5.41) is 78.2. The minimum Gasteiger partial charge on any atom is -0.508 e. The predicted octanol–water partition coefficient (Wildman–Crippen LogP) is -5.11. The van der Waals surface area contributed by atoms with Crippen LogP contribution in [0.2, 0.25) is 0 Å². The van der Waals surface area contributed by atoms with Crippen LogP contribution in [-0.4, -0.2) is 323 Å². The van der Waals surface area contributed by atoms with E-state index >= 15 is 9.59 Å². The third-order valence-electron chi connectivity index (χ3n) is 22.2. The lowest BCUT2D eigenvalue weighted by atomic mass is 10.0. The van der Waals surface area contributed by atoms with Crippen molar-refractivity contribution in [1.29, 1.82) is 0 Å². The largest absolute Gasteiger partial charge is 0.508 e. The first-order valence-electron chi connectivity index (χ1n) is 41.0. The van der Waals surface area contributed by atoms with Crippen LogP contribution in [0.1, 0.15) is 108 Å². The molecular formula is C82H111N19O23S. The number of aliphatic hydroxyl groups is 3. The second kappa shape index (κ2) is 46.1. The Bertz CT molecular complexity index is 4780. The van der Waals surface area contributed by atoms with Crippen molar-refractivity contribution in [3.05, 3.63) is 102 Å². The summed E-state index contributed by atoms with van der Waals surface area (Å²) in [6.07, 6.45) is 0.411. The number of carbonyl (C=O) groups excluding carboxylic acids is 17. The molecule has 0 unspecified atom stereocenters. The summed E-state index contributed by atoms with van der Waals surface area (Å²) in [6, 6.07) is -3.43. The molecule has 3 aliphatic heterocycles. The molecule has 0 aliphatic carbocycles. The van der Waals surface area contributed by atoms with Gasteiger partial charge in [0.2, 0.25) is 100 Å². The van der Waals surface area contributed by atoms with E-state index < -0.39 is 255 Å². The van der Waals surface area contributed by atoms with E-state index in [-0.39, 0.29) is 76.6 Å². The number of hydrogen-bond donors (Lipinski definition) is 19. The molecule has 0 spiro atoms. The number of carboxylic acids is 1. The molecule has 0 radical (unpaired) electrons. The number of nitrogens with two attached hydrogens (primary N) is 2. The molecule has 678 valence electrons. The lowest BCUT2D eigenvalue weighted by Crippen LogP contribution is -2.61. The standard InChI is InChI=1S/C82H111N19O23S/c1-7-8-19-62-75(117)93-58(35-65(83)106)82(124)101-30-14-21-64(101)77(119)95-60(40-104)73(115)90-54(28-31-102)81(123)100-29-13-20-63(100)76(118)91-55(33-46-36-85-51-17-11-9-15-49(46)51)72(114)94-59(39-103)74(116)92-57(34-47-37-86-52-18-12-10-16-50(47)52)79(121)98(5)44(3)78(120)97(4)43(2)69(111)89-53(26-27-68(109)110)71(113)96-61(70(112)87-38-66(84)107)41-125-42-67(108)88-56(80(122)99(62)6)32-45-22-24-48(105)25-23-45/h9-12,15-18,22-25,36-37,43-44,53-64,85-86,102-105H,7-8,13-14,19-21,26-35,38-42H2,1-6H3,(H2,83,106)(H2,84,107)(H,87,112)(H,88,108)(H,89,111)(H,90,115)(H,91,118)(H,92,116)(H,93,117)(H,94,114)(H,95,119)(H,96,113)(H,109,110)/t43-,44-,53-,54-,55-,56-,57-,58+,59-,60-,61-,62-,63-,64-/m0/s1. The quantitative estimate of drug-likeness (QED) is 0.0327. The number of aromatic amines is 2. The Morgan fingerprint density at radius 1 is 0.496 bits per heavy atom. The number of rotatable bonds is 21. The smallest absolute Gasteiger partial charge is 0.303 e. The summed E-state index contributed by atoms with van der Waals surface area (Å²) < 4.78 is 0. The van der Waals surface area contributed by atoms with E-state index in [1.165, 1.54) is 59.3 Å². The van der Waals surface area contributed by atoms with Crippen LogP contribution in [-0.2, 0) is 106 Å². The van der Waals surface area contributed by atoms with Gasteiger partial charge in [-0.2, -0.15) is 0 Å². The Morgan fingerprint density at radius 3 is 1.52 bits per heavy atom. The molecule has 0 bridgehead atoms. The highest BCUT2D eigenvalue weighted by molar-refractivity contribution is 8.00. The SMILES string of the molecule is CCCC[C@H]1C(=O)N[C@H](CC(N)=O)C(=O)N2CCC[C@H]2C(=O)N[C@@H](CO)C(=O)N[C@@H](CCO)C(=O)N2CCC[C@H]2C(=O)N[C@@H](Cc2c[nH]c3ccccc23)C(=O)N[C@@H](CO)C(=O)N[C@@H](Cc2c[nH]c3ccccc23)C(=O)N(C)[C@@H](C)C(=O)N(C)[C@@H](C)C(=O)N[C@@H](CCC(=O)O)C(=O)N[C@H](C(=O)NCC(N)=O)CSCC(=O)N[C@@H](Cc2ccc(O)cc2)C(=O)N1C. The third-order valence-corrected chi connectivity index (χ3v) is 23.3. The number of H-pyrrole nitrogens is 2. The molecule has 2 aromatic heterocycles. The minimum atomic E-state index is -1.89. The number of nitrogens with one attached hydrogen (secondary N) is 12. The highest BCUT2D eigenvalue weighted by atomic mass is 32.2. The van der Waals surface area contributed by atoms with Gasteiger partial charge in [0.25, 0.3) is 0 Å². The maximum atomic E-state index is 15.1. The fourth-order valence-corrected chi connectivity index (χ4v) is 15.8. The molecule has 3 aromatic carbocycles. The number of aromatic hydroxyl groups is 1. The molecule has 3 aliphatic rings. The summed E-state index contributed by atoms with van der Waals surface area (Å²) in [7, 11) is 3.64. The number of aliphatic hydroxyl groups excluding tert-OH is 3. The van der Waals surface area contributed by atoms with Crippen molar-refractivity contribution in [3.8, 4) is 5.75 Å². The van der Waals surface area contributed by atoms with Gasteiger partial charge in [0.15, 0.2) is 0 Å². The lowest BCUT2D eigenvalue weighted by Gasteiger charge is -2.34. The maximum absolute atomic E-state index is 15.1. The summed E-state index contributed by atoms with van der Waals surface area (Å²) >= 11 is 0.695. The van der Waals surface area contributed by atoms with E-state index in [2.05, 4.69) is 63.1 Å². The normalized spacial score (nSPS) is 25.2.